The fourth-order valence-corrected chi connectivity index (χ4v) is 3.69. The molecule has 0 saturated heterocycles. The van der Waals surface area contributed by atoms with Crippen LogP contribution in [-0.4, -0.2) is 18.0 Å². The molecule has 0 saturated carbocycles. The van der Waals surface area contributed by atoms with E-state index >= 15 is 0 Å². The van der Waals surface area contributed by atoms with Crippen LogP contribution in [0.1, 0.15) is 0 Å². The Bertz CT molecular complexity index is 1180. The number of fused-ring (bicyclic) bond motifs is 3. The van der Waals surface area contributed by atoms with E-state index < -0.39 is 10.1 Å². The van der Waals surface area contributed by atoms with Gasteiger partial charge in [0.1, 0.15) is 4.90 Å². The summed E-state index contributed by atoms with van der Waals surface area (Å²) in [5.41, 5.74) is 1.70. The molecule has 0 bridgehead atoms. The van der Waals surface area contributed by atoms with Gasteiger partial charge in [-0.1, -0.05) is 60.7 Å². The summed E-state index contributed by atoms with van der Waals surface area (Å²) < 4.78 is 33.1. The zero-order valence-corrected chi connectivity index (χ0v) is 13.4. The molecule has 0 aliphatic heterocycles. The number of pyridine rings is 1. The second-order valence-corrected chi connectivity index (χ2v) is 6.88. The van der Waals surface area contributed by atoms with Gasteiger partial charge in [-0.25, -0.2) is 4.98 Å². The normalized spacial score (nSPS) is 11.9. The van der Waals surface area contributed by atoms with Crippen LogP contribution in [0.2, 0.25) is 0 Å². The van der Waals surface area contributed by atoms with Gasteiger partial charge in [0.05, 0.1) is 11.2 Å². The van der Waals surface area contributed by atoms with E-state index in [1.54, 1.807) is 18.2 Å². The maximum absolute atomic E-state index is 11.8. The van der Waals surface area contributed by atoms with Gasteiger partial charge < -0.3 is 0 Å². The van der Waals surface area contributed by atoms with Crippen molar-refractivity contribution in [3.05, 3.63) is 72.8 Å². The van der Waals surface area contributed by atoms with Crippen LogP contribution >= 0.6 is 0 Å². The number of nitrogens with zero attached hydrogens (tertiary/aromatic N) is 1. The van der Waals surface area contributed by atoms with Crippen molar-refractivity contribution >= 4 is 31.8 Å². The first kappa shape index (κ1) is 14.8. The van der Waals surface area contributed by atoms with Crippen molar-refractivity contribution in [2.45, 2.75) is 4.90 Å². The van der Waals surface area contributed by atoms with E-state index in [0.29, 0.717) is 11.3 Å². The van der Waals surface area contributed by atoms with E-state index in [1.165, 1.54) is 6.07 Å². The highest BCUT2D eigenvalue weighted by molar-refractivity contribution is 7.86. The van der Waals surface area contributed by atoms with Gasteiger partial charge in [-0.15, -0.1) is 0 Å². The summed E-state index contributed by atoms with van der Waals surface area (Å²) in [6, 6.07) is 21.8. The number of rotatable bonds is 2. The second kappa shape index (κ2) is 5.40. The first-order chi connectivity index (χ1) is 11.6. The molecule has 118 valence electrons. The number of para-hydroxylation sites is 1. The fraction of sp³-hybridized carbons (Fsp3) is 0. The second-order valence-electron chi connectivity index (χ2n) is 5.49. The van der Waals surface area contributed by atoms with Crippen molar-refractivity contribution in [1.29, 1.82) is 0 Å². The Hall–Kier alpha value is -2.76. The molecule has 1 aromatic heterocycles. The third kappa shape index (κ3) is 2.35. The molecule has 24 heavy (non-hydrogen) atoms. The highest BCUT2D eigenvalue weighted by atomic mass is 32.2. The number of benzene rings is 3. The summed E-state index contributed by atoms with van der Waals surface area (Å²) in [7, 11) is -4.34. The predicted molar refractivity (Wildman–Crippen MR) is 94.5 cm³/mol. The molecule has 0 aliphatic rings. The van der Waals surface area contributed by atoms with Crippen molar-refractivity contribution < 1.29 is 13.0 Å². The summed E-state index contributed by atoms with van der Waals surface area (Å²) >= 11 is 0. The molecule has 0 amide bonds. The SMILES string of the molecule is O=S(=O)(O)c1ccccc1-c1nc2ccccc2c2ccccc12. The Balaban J connectivity index is 2.19. The smallest absolute Gasteiger partial charge is 0.282 e. The molecule has 0 aliphatic carbocycles. The lowest BCUT2D eigenvalue weighted by molar-refractivity contribution is 0.483. The van der Waals surface area contributed by atoms with Crippen LogP contribution in [0.5, 0.6) is 0 Å². The molecule has 0 spiro atoms. The molecule has 1 heterocycles. The van der Waals surface area contributed by atoms with E-state index in [1.807, 2.05) is 48.5 Å². The molecule has 0 fully saturated rings. The Kier molecular flexibility index (Phi) is 3.33. The topological polar surface area (TPSA) is 67.3 Å². The Morgan fingerprint density at radius 2 is 1.29 bits per heavy atom. The van der Waals surface area contributed by atoms with E-state index in [4.69, 9.17) is 0 Å². The molecule has 4 nitrogen and oxygen atoms in total. The molecule has 0 unspecified atom stereocenters. The predicted octanol–water partition coefficient (Wildman–Crippen LogP) is 4.30. The lowest BCUT2D eigenvalue weighted by Gasteiger charge is -2.12. The third-order valence-corrected chi connectivity index (χ3v) is 4.94. The minimum atomic E-state index is -4.34. The van der Waals surface area contributed by atoms with Crippen molar-refractivity contribution in [1.82, 2.24) is 4.98 Å². The highest BCUT2D eigenvalue weighted by Gasteiger charge is 2.19. The van der Waals surface area contributed by atoms with Crippen LogP contribution in [0.25, 0.3) is 32.9 Å². The van der Waals surface area contributed by atoms with E-state index in [0.717, 1.165) is 21.7 Å². The van der Waals surface area contributed by atoms with E-state index in [2.05, 4.69) is 4.98 Å². The molecule has 4 rings (SSSR count). The molecule has 1 N–H and O–H groups in total. The number of aromatic nitrogens is 1. The molecule has 4 aromatic rings. The van der Waals surface area contributed by atoms with Crippen LogP contribution in [0.15, 0.2) is 77.7 Å². The van der Waals surface area contributed by atoms with E-state index in [9.17, 15) is 13.0 Å². The Morgan fingerprint density at radius 1 is 0.708 bits per heavy atom. The lowest BCUT2D eigenvalue weighted by Crippen LogP contribution is -2.01. The fourth-order valence-electron chi connectivity index (χ4n) is 3.00. The van der Waals surface area contributed by atoms with Crippen molar-refractivity contribution in [2.24, 2.45) is 0 Å². The van der Waals surface area contributed by atoms with Crippen molar-refractivity contribution in [2.75, 3.05) is 0 Å². The summed E-state index contributed by atoms with van der Waals surface area (Å²) in [6.07, 6.45) is 0. The van der Waals surface area contributed by atoms with Crippen LogP contribution in [0.4, 0.5) is 0 Å². The maximum Gasteiger partial charge on any atom is 0.295 e. The van der Waals surface area contributed by atoms with Crippen LogP contribution in [0.3, 0.4) is 0 Å². The van der Waals surface area contributed by atoms with Crippen LogP contribution in [0, 0.1) is 0 Å². The lowest BCUT2D eigenvalue weighted by atomic mass is 10.00. The van der Waals surface area contributed by atoms with Crippen molar-refractivity contribution in [3.63, 3.8) is 0 Å². The molecule has 5 heteroatoms. The Labute approximate surface area is 139 Å². The van der Waals surface area contributed by atoms with Gasteiger partial charge in [-0.3, -0.25) is 4.55 Å². The summed E-state index contributed by atoms with van der Waals surface area (Å²) in [6.45, 7) is 0. The van der Waals surface area contributed by atoms with Crippen LogP contribution < -0.4 is 0 Å². The van der Waals surface area contributed by atoms with Gasteiger partial charge in [-0.2, -0.15) is 8.42 Å². The zero-order valence-electron chi connectivity index (χ0n) is 12.5. The van der Waals surface area contributed by atoms with Crippen molar-refractivity contribution in [3.8, 4) is 11.3 Å². The minimum Gasteiger partial charge on any atom is -0.282 e. The average molecular weight is 335 g/mol. The molecule has 0 radical (unpaired) electrons. The molecular weight excluding hydrogens is 322 g/mol. The van der Waals surface area contributed by atoms with E-state index in [-0.39, 0.29) is 4.90 Å². The van der Waals surface area contributed by atoms with Gasteiger partial charge in [0.25, 0.3) is 10.1 Å². The quantitative estimate of drug-likeness (QED) is 0.438. The number of hydrogen-bond acceptors (Lipinski definition) is 3. The minimum absolute atomic E-state index is 0.141. The summed E-state index contributed by atoms with van der Waals surface area (Å²) in [4.78, 5) is 4.53. The van der Waals surface area contributed by atoms with Gasteiger partial charge in [0.2, 0.25) is 0 Å². The number of hydrogen-bond donors (Lipinski definition) is 1. The van der Waals surface area contributed by atoms with Gasteiger partial charge in [0, 0.05) is 16.3 Å². The average Bonchev–Trinajstić information content (AvgIpc) is 2.60. The molecule has 3 aromatic carbocycles. The monoisotopic (exact) mass is 335 g/mol. The largest absolute Gasteiger partial charge is 0.295 e. The molecular formula is C19H13NO3S. The first-order valence-corrected chi connectivity index (χ1v) is 8.84. The third-order valence-electron chi connectivity index (χ3n) is 4.03. The van der Waals surface area contributed by atoms with Gasteiger partial charge >= 0.3 is 0 Å². The first-order valence-electron chi connectivity index (χ1n) is 7.40. The van der Waals surface area contributed by atoms with Gasteiger partial charge in [-0.05, 0) is 17.5 Å². The maximum atomic E-state index is 11.8. The standard InChI is InChI=1S/C19H13NO3S/c21-24(22,23)18-12-6-4-10-16(18)19-15-9-2-1-7-13(15)14-8-3-5-11-17(14)20-19/h1-12H,(H,21,22,23). The molecule has 0 atom stereocenters. The summed E-state index contributed by atoms with van der Waals surface area (Å²) in [5, 5.41) is 2.83. The van der Waals surface area contributed by atoms with Crippen LogP contribution in [-0.2, 0) is 10.1 Å². The highest BCUT2D eigenvalue weighted by Crippen LogP contribution is 2.34. The Morgan fingerprint density at radius 3 is 2.04 bits per heavy atom. The zero-order chi connectivity index (χ0) is 16.7. The summed E-state index contributed by atoms with van der Waals surface area (Å²) in [5.74, 6) is 0. The van der Waals surface area contributed by atoms with Gasteiger partial charge in [0.15, 0.2) is 0 Å².